The SMILES string of the molecule is Cl.c1csc(-c2noc(C3CC34CCNCC4)n2)c1. The van der Waals surface area contributed by atoms with Crippen LogP contribution in [0.15, 0.2) is 22.0 Å². The number of halogens is 1. The van der Waals surface area contributed by atoms with Crippen molar-refractivity contribution in [3.05, 3.63) is 23.4 Å². The molecule has 6 heteroatoms. The first kappa shape index (κ1) is 13.1. The molecule has 1 saturated heterocycles. The Hall–Kier alpha value is -0.910. The van der Waals surface area contributed by atoms with Crippen molar-refractivity contribution in [2.24, 2.45) is 5.41 Å². The molecule has 1 aliphatic carbocycles. The van der Waals surface area contributed by atoms with Gasteiger partial charge in [-0.3, -0.25) is 0 Å². The quantitative estimate of drug-likeness (QED) is 0.925. The van der Waals surface area contributed by atoms with Crippen LogP contribution in [0, 0.1) is 5.41 Å². The Morgan fingerprint density at radius 2 is 2.21 bits per heavy atom. The molecule has 1 N–H and O–H groups in total. The van der Waals surface area contributed by atoms with E-state index >= 15 is 0 Å². The van der Waals surface area contributed by atoms with Gasteiger partial charge < -0.3 is 9.84 Å². The summed E-state index contributed by atoms with van der Waals surface area (Å²) in [6, 6.07) is 4.05. The van der Waals surface area contributed by atoms with Gasteiger partial charge in [0.2, 0.25) is 11.7 Å². The van der Waals surface area contributed by atoms with Gasteiger partial charge in [-0.2, -0.15) is 4.98 Å². The summed E-state index contributed by atoms with van der Waals surface area (Å²) in [6.07, 6.45) is 3.71. The maximum Gasteiger partial charge on any atom is 0.230 e. The van der Waals surface area contributed by atoms with Crippen molar-refractivity contribution in [3.8, 4) is 10.7 Å². The number of rotatable bonds is 2. The number of aromatic nitrogens is 2. The van der Waals surface area contributed by atoms with E-state index in [1.54, 1.807) is 11.3 Å². The van der Waals surface area contributed by atoms with Gasteiger partial charge in [0.1, 0.15) is 0 Å². The largest absolute Gasteiger partial charge is 0.339 e. The Morgan fingerprint density at radius 3 is 2.95 bits per heavy atom. The van der Waals surface area contributed by atoms with Crippen molar-refractivity contribution in [3.63, 3.8) is 0 Å². The second-order valence-electron chi connectivity index (χ2n) is 5.30. The zero-order chi connectivity index (χ0) is 12.0. The lowest BCUT2D eigenvalue weighted by Crippen LogP contribution is -2.29. The van der Waals surface area contributed by atoms with E-state index in [0.29, 0.717) is 11.3 Å². The molecular weight excluding hydrogens is 282 g/mol. The third-order valence-corrected chi connectivity index (χ3v) is 5.14. The van der Waals surface area contributed by atoms with Gasteiger partial charge in [0.15, 0.2) is 0 Å². The van der Waals surface area contributed by atoms with Gasteiger partial charge in [-0.15, -0.1) is 23.7 Å². The molecule has 0 radical (unpaired) electrons. The number of hydrogen-bond acceptors (Lipinski definition) is 5. The molecule has 2 aliphatic rings. The summed E-state index contributed by atoms with van der Waals surface area (Å²) in [5.74, 6) is 2.09. The van der Waals surface area contributed by atoms with Crippen LogP contribution >= 0.6 is 23.7 Å². The molecule has 0 amide bonds. The molecule has 1 unspecified atom stereocenters. The highest BCUT2D eigenvalue weighted by Gasteiger charge is 2.57. The van der Waals surface area contributed by atoms with Crippen LogP contribution in [-0.2, 0) is 0 Å². The van der Waals surface area contributed by atoms with E-state index in [1.807, 2.05) is 17.5 Å². The number of nitrogens with one attached hydrogen (secondary N) is 1. The monoisotopic (exact) mass is 297 g/mol. The zero-order valence-corrected chi connectivity index (χ0v) is 12.1. The summed E-state index contributed by atoms with van der Waals surface area (Å²) in [5.41, 5.74) is 0.463. The van der Waals surface area contributed by atoms with Gasteiger partial charge in [-0.1, -0.05) is 11.2 Å². The molecule has 1 atom stereocenters. The average molecular weight is 298 g/mol. The highest BCUT2D eigenvalue weighted by Crippen LogP contribution is 2.63. The summed E-state index contributed by atoms with van der Waals surface area (Å²) in [7, 11) is 0. The van der Waals surface area contributed by atoms with Crippen molar-refractivity contribution in [1.82, 2.24) is 15.5 Å². The minimum atomic E-state index is 0. The molecule has 1 saturated carbocycles. The molecule has 2 aromatic heterocycles. The summed E-state index contributed by atoms with van der Waals surface area (Å²) in [4.78, 5) is 5.66. The highest BCUT2D eigenvalue weighted by atomic mass is 35.5. The minimum Gasteiger partial charge on any atom is -0.339 e. The lowest BCUT2D eigenvalue weighted by molar-refractivity contribution is 0.311. The normalized spacial score (nSPS) is 24.1. The van der Waals surface area contributed by atoms with Gasteiger partial charge in [0.25, 0.3) is 0 Å². The third-order valence-electron chi connectivity index (χ3n) is 4.27. The molecule has 2 aromatic rings. The van der Waals surface area contributed by atoms with Crippen LogP contribution in [0.3, 0.4) is 0 Å². The van der Waals surface area contributed by atoms with E-state index in [-0.39, 0.29) is 12.4 Å². The molecule has 1 aliphatic heterocycles. The van der Waals surface area contributed by atoms with Crippen LogP contribution in [0.1, 0.15) is 31.1 Å². The molecule has 4 nitrogen and oxygen atoms in total. The molecule has 3 heterocycles. The smallest absolute Gasteiger partial charge is 0.230 e. The van der Waals surface area contributed by atoms with E-state index in [0.717, 1.165) is 29.7 Å². The maximum atomic E-state index is 5.47. The molecule has 2 fully saturated rings. The fourth-order valence-electron chi connectivity index (χ4n) is 3.06. The predicted molar refractivity (Wildman–Crippen MR) is 76.8 cm³/mol. The zero-order valence-electron chi connectivity index (χ0n) is 10.5. The van der Waals surface area contributed by atoms with Crippen LogP contribution in [-0.4, -0.2) is 23.2 Å². The first-order chi connectivity index (χ1) is 8.87. The van der Waals surface area contributed by atoms with E-state index in [2.05, 4.69) is 15.5 Å². The van der Waals surface area contributed by atoms with Gasteiger partial charge >= 0.3 is 0 Å². The standard InChI is InChI=1S/C13H15N3OS.ClH/c1-2-10(18-7-1)11-15-12(17-16-11)9-8-13(9)3-5-14-6-4-13;/h1-2,7,9,14H,3-6,8H2;1H. The topological polar surface area (TPSA) is 51.0 Å². The number of hydrogen-bond donors (Lipinski definition) is 1. The summed E-state index contributed by atoms with van der Waals surface area (Å²) in [6.45, 7) is 2.25. The molecule has 0 bridgehead atoms. The molecular formula is C13H16ClN3OS. The fraction of sp³-hybridized carbons (Fsp3) is 0.538. The van der Waals surface area contributed by atoms with Crippen LogP contribution in [0.4, 0.5) is 0 Å². The molecule has 0 aromatic carbocycles. The number of nitrogens with zero attached hydrogens (tertiary/aromatic N) is 2. The maximum absolute atomic E-state index is 5.47. The Bertz CT molecular complexity index is 548. The van der Waals surface area contributed by atoms with Crippen LogP contribution < -0.4 is 5.32 Å². The minimum absolute atomic E-state index is 0. The summed E-state index contributed by atoms with van der Waals surface area (Å²) < 4.78 is 5.47. The molecule has 102 valence electrons. The van der Waals surface area contributed by atoms with Crippen LogP contribution in [0.2, 0.25) is 0 Å². The van der Waals surface area contributed by atoms with Crippen molar-refractivity contribution >= 4 is 23.7 Å². The fourth-order valence-corrected chi connectivity index (χ4v) is 3.71. The highest BCUT2D eigenvalue weighted by molar-refractivity contribution is 7.13. The van der Waals surface area contributed by atoms with E-state index in [4.69, 9.17) is 4.52 Å². The van der Waals surface area contributed by atoms with E-state index in [1.165, 1.54) is 19.3 Å². The van der Waals surface area contributed by atoms with Crippen molar-refractivity contribution in [2.45, 2.75) is 25.2 Å². The van der Waals surface area contributed by atoms with Crippen molar-refractivity contribution in [2.75, 3.05) is 13.1 Å². The van der Waals surface area contributed by atoms with E-state index in [9.17, 15) is 0 Å². The first-order valence-electron chi connectivity index (χ1n) is 6.46. The Labute approximate surface area is 122 Å². The Morgan fingerprint density at radius 1 is 1.37 bits per heavy atom. The van der Waals surface area contributed by atoms with E-state index < -0.39 is 0 Å². The Balaban J connectivity index is 0.00000110. The molecule has 1 spiro atoms. The third kappa shape index (κ3) is 2.20. The number of piperidine rings is 1. The van der Waals surface area contributed by atoms with Gasteiger partial charge in [0.05, 0.1) is 4.88 Å². The summed E-state index contributed by atoms with van der Waals surface area (Å²) >= 11 is 1.65. The second kappa shape index (κ2) is 4.89. The molecule has 4 rings (SSSR count). The van der Waals surface area contributed by atoms with Crippen LogP contribution in [0.25, 0.3) is 10.7 Å². The van der Waals surface area contributed by atoms with Crippen molar-refractivity contribution < 1.29 is 4.52 Å². The second-order valence-corrected chi connectivity index (χ2v) is 6.25. The Kier molecular flexibility index (Phi) is 3.37. The van der Waals surface area contributed by atoms with Gasteiger partial charge in [0, 0.05) is 5.92 Å². The van der Waals surface area contributed by atoms with Gasteiger partial charge in [-0.05, 0) is 49.2 Å². The molecule has 19 heavy (non-hydrogen) atoms. The first-order valence-corrected chi connectivity index (χ1v) is 7.34. The van der Waals surface area contributed by atoms with Crippen LogP contribution in [0.5, 0.6) is 0 Å². The summed E-state index contributed by atoms with van der Waals surface area (Å²) in [5, 5.41) is 9.56. The predicted octanol–water partition coefficient (Wildman–Crippen LogP) is 3.08. The number of thiophene rings is 1. The average Bonchev–Trinajstić information content (AvgIpc) is 2.86. The lowest BCUT2D eigenvalue weighted by Gasteiger charge is -2.22. The van der Waals surface area contributed by atoms with Crippen molar-refractivity contribution in [1.29, 1.82) is 0 Å². The van der Waals surface area contributed by atoms with Gasteiger partial charge in [-0.25, -0.2) is 0 Å². The lowest BCUT2D eigenvalue weighted by atomic mass is 9.92.